The molecular weight excluding hydrogens is 294 g/mol. The van der Waals surface area contributed by atoms with Crippen LogP contribution in [-0.2, 0) is 4.74 Å². The van der Waals surface area contributed by atoms with Crippen LogP contribution < -0.4 is 10.1 Å². The lowest BCUT2D eigenvalue weighted by atomic mass is 10.1. The molecule has 1 N–H and O–H groups in total. The molecule has 6 nitrogen and oxygen atoms in total. The summed E-state index contributed by atoms with van der Waals surface area (Å²) in [6.45, 7) is 6.50. The largest absolute Gasteiger partial charge is 0.495 e. The molecule has 1 saturated heterocycles. The predicted molar refractivity (Wildman–Crippen MR) is 87.7 cm³/mol. The molecule has 2 aliphatic rings. The quantitative estimate of drug-likeness (QED) is 0.928. The van der Waals surface area contributed by atoms with E-state index in [1.807, 2.05) is 37.8 Å². The molecule has 1 aliphatic heterocycles. The standard InChI is InChI=1S/C17H25N3O3/c1-17(2,3)23-16(21)20-10-11-7-13(14(20)8-11)19-15-6-5-12(22-4)9-18-15/h5-6,9,11,13-14H,7-8,10H2,1-4H3,(H,18,19)/t11-,13+,14-/m0/s1. The second-order valence-electron chi connectivity index (χ2n) is 7.37. The number of hydrogen-bond donors (Lipinski definition) is 1. The molecule has 23 heavy (non-hydrogen) atoms. The molecule has 2 bridgehead atoms. The number of likely N-dealkylation sites (tertiary alicyclic amines) is 1. The fraction of sp³-hybridized carbons (Fsp3) is 0.647. The average Bonchev–Trinajstić information content (AvgIpc) is 3.06. The first-order valence-electron chi connectivity index (χ1n) is 8.12. The summed E-state index contributed by atoms with van der Waals surface area (Å²) < 4.78 is 10.7. The number of aromatic nitrogens is 1. The lowest BCUT2D eigenvalue weighted by molar-refractivity contribution is 0.0179. The Morgan fingerprint density at radius 1 is 1.35 bits per heavy atom. The Morgan fingerprint density at radius 3 is 2.70 bits per heavy atom. The van der Waals surface area contributed by atoms with Gasteiger partial charge in [-0.1, -0.05) is 0 Å². The average molecular weight is 319 g/mol. The molecule has 1 amide bonds. The first-order chi connectivity index (χ1) is 10.9. The zero-order valence-corrected chi connectivity index (χ0v) is 14.2. The second kappa shape index (κ2) is 5.91. The molecule has 3 rings (SSSR count). The van der Waals surface area contributed by atoms with Crippen molar-refractivity contribution >= 4 is 11.9 Å². The molecule has 2 heterocycles. The molecule has 0 unspecified atom stereocenters. The normalized spacial score (nSPS) is 26.3. The van der Waals surface area contributed by atoms with Crippen LogP contribution in [0, 0.1) is 5.92 Å². The van der Waals surface area contributed by atoms with Crippen LogP contribution in [0.25, 0.3) is 0 Å². The van der Waals surface area contributed by atoms with Crippen molar-refractivity contribution in [2.75, 3.05) is 19.0 Å². The van der Waals surface area contributed by atoms with Gasteiger partial charge in [0.15, 0.2) is 0 Å². The number of nitrogens with zero attached hydrogens (tertiary/aromatic N) is 2. The highest BCUT2D eigenvalue weighted by atomic mass is 16.6. The molecule has 6 heteroatoms. The van der Waals surface area contributed by atoms with E-state index in [1.165, 1.54) is 0 Å². The molecular formula is C17H25N3O3. The van der Waals surface area contributed by atoms with Gasteiger partial charge in [-0.3, -0.25) is 0 Å². The smallest absolute Gasteiger partial charge is 0.410 e. The van der Waals surface area contributed by atoms with Gasteiger partial charge >= 0.3 is 6.09 Å². The summed E-state index contributed by atoms with van der Waals surface area (Å²) in [6, 6.07) is 4.19. The SMILES string of the molecule is COc1ccc(N[C@@H]2C[C@H]3C[C@@H]2N(C(=O)OC(C)(C)C)C3)nc1. The van der Waals surface area contributed by atoms with E-state index in [4.69, 9.17) is 9.47 Å². The molecule has 0 spiro atoms. The third-order valence-electron chi connectivity index (χ3n) is 4.42. The minimum absolute atomic E-state index is 0.179. The van der Waals surface area contributed by atoms with Crippen LogP contribution in [-0.4, -0.2) is 47.3 Å². The van der Waals surface area contributed by atoms with Crippen molar-refractivity contribution in [1.29, 1.82) is 0 Å². The maximum Gasteiger partial charge on any atom is 0.410 e. The summed E-state index contributed by atoms with van der Waals surface area (Å²) in [7, 11) is 1.62. The van der Waals surface area contributed by atoms with E-state index in [0.717, 1.165) is 31.0 Å². The van der Waals surface area contributed by atoms with E-state index in [-0.39, 0.29) is 18.2 Å². The Morgan fingerprint density at radius 2 is 2.13 bits per heavy atom. The van der Waals surface area contributed by atoms with Gasteiger partial charge in [-0.25, -0.2) is 9.78 Å². The third kappa shape index (κ3) is 3.51. The number of piperidine rings is 1. The summed E-state index contributed by atoms with van der Waals surface area (Å²) in [5.74, 6) is 2.09. The Balaban J connectivity index is 1.64. The van der Waals surface area contributed by atoms with Gasteiger partial charge in [-0.15, -0.1) is 0 Å². The summed E-state index contributed by atoms with van der Waals surface area (Å²) in [4.78, 5) is 18.6. The zero-order chi connectivity index (χ0) is 16.6. The number of nitrogens with one attached hydrogen (secondary N) is 1. The van der Waals surface area contributed by atoms with E-state index in [9.17, 15) is 4.79 Å². The lowest BCUT2D eigenvalue weighted by Gasteiger charge is -2.35. The van der Waals surface area contributed by atoms with Crippen molar-refractivity contribution in [3.63, 3.8) is 0 Å². The number of carbonyl (C=O) groups is 1. The minimum Gasteiger partial charge on any atom is -0.495 e. The lowest BCUT2D eigenvalue weighted by Crippen LogP contribution is -2.49. The Bertz CT molecular complexity index is 567. The molecule has 1 aliphatic carbocycles. The Kier molecular flexibility index (Phi) is 4.08. The number of pyridine rings is 1. The number of rotatable bonds is 3. The summed E-state index contributed by atoms with van der Waals surface area (Å²) >= 11 is 0. The molecule has 126 valence electrons. The number of anilines is 1. The van der Waals surface area contributed by atoms with Gasteiger partial charge in [-0.2, -0.15) is 0 Å². The molecule has 1 aromatic heterocycles. The summed E-state index contributed by atoms with van der Waals surface area (Å²) in [5.41, 5.74) is -0.459. The predicted octanol–water partition coefficient (Wildman–Crippen LogP) is 2.90. The van der Waals surface area contributed by atoms with E-state index in [2.05, 4.69) is 10.3 Å². The second-order valence-corrected chi connectivity index (χ2v) is 7.37. The van der Waals surface area contributed by atoms with E-state index >= 15 is 0 Å². The van der Waals surface area contributed by atoms with Crippen molar-refractivity contribution in [3.05, 3.63) is 18.3 Å². The molecule has 0 aromatic carbocycles. The van der Waals surface area contributed by atoms with Crippen LogP contribution in [0.15, 0.2) is 18.3 Å². The fourth-order valence-electron chi connectivity index (χ4n) is 3.49. The van der Waals surface area contributed by atoms with Gasteiger partial charge in [0.05, 0.1) is 19.3 Å². The van der Waals surface area contributed by atoms with Gasteiger partial charge in [0, 0.05) is 12.6 Å². The van der Waals surface area contributed by atoms with Crippen LogP contribution in [0.1, 0.15) is 33.6 Å². The highest BCUT2D eigenvalue weighted by Crippen LogP contribution is 2.39. The van der Waals surface area contributed by atoms with Crippen molar-refractivity contribution in [3.8, 4) is 5.75 Å². The number of methoxy groups -OCH3 is 1. The van der Waals surface area contributed by atoms with Crippen LogP contribution >= 0.6 is 0 Å². The third-order valence-corrected chi connectivity index (χ3v) is 4.42. The minimum atomic E-state index is -0.459. The van der Waals surface area contributed by atoms with Crippen LogP contribution in [0.3, 0.4) is 0 Å². The van der Waals surface area contributed by atoms with E-state index in [0.29, 0.717) is 5.92 Å². The number of hydrogen-bond acceptors (Lipinski definition) is 5. The number of ether oxygens (including phenoxy) is 2. The fourth-order valence-corrected chi connectivity index (χ4v) is 3.49. The Hall–Kier alpha value is -1.98. The summed E-state index contributed by atoms with van der Waals surface area (Å²) in [5, 5.41) is 3.46. The molecule has 1 saturated carbocycles. The van der Waals surface area contributed by atoms with Gasteiger partial charge in [0.1, 0.15) is 17.2 Å². The highest BCUT2D eigenvalue weighted by molar-refractivity contribution is 5.69. The molecule has 1 aromatic rings. The highest BCUT2D eigenvalue weighted by Gasteiger charge is 2.48. The zero-order valence-electron chi connectivity index (χ0n) is 14.2. The number of fused-ring (bicyclic) bond motifs is 2. The van der Waals surface area contributed by atoms with Gasteiger partial charge < -0.3 is 19.7 Å². The van der Waals surface area contributed by atoms with Crippen molar-refractivity contribution in [2.45, 2.75) is 51.3 Å². The number of carbonyl (C=O) groups excluding carboxylic acids is 1. The van der Waals surface area contributed by atoms with E-state index in [1.54, 1.807) is 13.3 Å². The molecule has 2 fully saturated rings. The maximum atomic E-state index is 12.4. The molecule has 3 atom stereocenters. The number of amides is 1. The maximum absolute atomic E-state index is 12.4. The van der Waals surface area contributed by atoms with Crippen molar-refractivity contribution in [2.24, 2.45) is 5.92 Å². The van der Waals surface area contributed by atoms with Gasteiger partial charge in [-0.05, 0) is 51.7 Å². The van der Waals surface area contributed by atoms with Crippen LogP contribution in [0.5, 0.6) is 5.75 Å². The topological polar surface area (TPSA) is 63.7 Å². The van der Waals surface area contributed by atoms with E-state index < -0.39 is 5.60 Å². The Labute approximate surface area is 137 Å². The van der Waals surface area contributed by atoms with Crippen molar-refractivity contribution < 1.29 is 14.3 Å². The summed E-state index contributed by atoms with van der Waals surface area (Å²) in [6.07, 6.45) is 3.59. The molecule has 0 radical (unpaired) electrons. The van der Waals surface area contributed by atoms with Gasteiger partial charge in [0.2, 0.25) is 0 Å². The van der Waals surface area contributed by atoms with Gasteiger partial charge in [0.25, 0.3) is 0 Å². The monoisotopic (exact) mass is 319 g/mol. The van der Waals surface area contributed by atoms with Crippen molar-refractivity contribution in [1.82, 2.24) is 9.88 Å². The van der Waals surface area contributed by atoms with Crippen LogP contribution in [0.4, 0.5) is 10.6 Å². The first-order valence-corrected chi connectivity index (χ1v) is 8.12. The first kappa shape index (κ1) is 15.9. The van der Waals surface area contributed by atoms with Crippen LogP contribution in [0.2, 0.25) is 0 Å².